The normalized spacial score (nSPS) is 11.9. The third-order valence-corrected chi connectivity index (χ3v) is 2.91. The van der Waals surface area contributed by atoms with Crippen LogP contribution in [0.15, 0.2) is 18.2 Å². The van der Waals surface area contributed by atoms with E-state index in [0.29, 0.717) is 18.9 Å². The first-order valence-corrected chi connectivity index (χ1v) is 5.72. The first kappa shape index (κ1) is 14.7. The lowest BCUT2D eigenvalue weighted by atomic mass is 9.90. The summed E-state index contributed by atoms with van der Waals surface area (Å²) in [6.07, 6.45) is -3.80. The molecule has 0 fully saturated rings. The number of rotatable bonds is 4. The van der Waals surface area contributed by atoms with Crippen molar-refractivity contribution < 1.29 is 22.4 Å². The zero-order valence-corrected chi connectivity index (χ0v) is 10.1. The maximum Gasteiger partial charge on any atom is 0.417 e. The van der Waals surface area contributed by atoms with E-state index in [4.69, 9.17) is 0 Å². The lowest BCUT2D eigenvalue weighted by Crippen LogP contribution is -2.19. The number of halogens is 4. The molecule has 1 aromatic carbocycles. The van der Waals surface area contributed by atoms with Crippen LogP contribution in [0.1, 0.15) is 42.6 Å². The molecule has 0 N–H and O–H groups in total. The minimum atomic E-state index is -4.72. The Hall–Kier alpha value is -1.39. The molecule has 100 valence electrons. The Morgan fingerprint density at radius 3 is 2.22 bits per heavy atom. The Morgan fingerprint density at radius 2 is 1.78 bits per heavy atom. The number of ketones is 1. The highest BCUT2D eigenvalue weighted by molar-refractivity contribution is 5.99. The molecule has 0 heterocycles. The predicted molar refractivity (Wildman–Crippen MR) is 59.8 cm³/mol. The largest absolute Gasteiger partial charge is 0.417 e. The van der Waals surface area contributed by atoms with Crippen molar-refractivity contribution in [1.82, 2.24) is 0 Å². The Balaban J connectivity index is 3.28. The Morgan fingerprint density at radius 1 is 1.22 bits per heavy atom. The summed E-state index contributed by atoms with van der Waals surface area (Å²) in [5, 5.41) is 0. The average molecular weight is 262 g/mol. The fraction of sp³-hybridized carbons (Fsp3) is 0.462. The molecule has 1 rings (SSSR count). The molecular formula is C13H14F4O. The van der Waals surface area contributed by atoms with Gasteiger partial charge in [-0.3, -0.25) is 4.79 Å². The SMILES string of the molecule is CCC(CC)C(=O)c1ccc(F)cc1C(F)(F)F. The number of Topliss-reactive ketones (excluding diaryl/α,β-unsaturated/α-hetero) is 1. The lowest BCUT2D eigenvalue weighted by Gasteiger charge is -2.16. The van der Waals surface area contributed by atoms with Gasteiger partial charge in [-0.15, -0.1) is 0 Å². The standard InChI is InChI=1S/C13H14F4O/c1-3-8(4-2)12(18)10-6-5-9(14)7-11(10)13(15,16)17/h5-8H,3-4H2,1-2H3. The van der Waals surface area contributed by atoms with Crippen LogP contribution in [-0.4, -0.2) is 5.78 Å². The molecule has 0 saturated heterocycles. The maximum absolute atomic E-state index is 12.9. The average Bonchev–Trinajstić information content (AvgIpc) is 2.29. The van der Waals surface area contributed by atoms with Crippen LogP contribution >= 0.6 is 0 Å². The van der Waals surface area contributed by atoms with Gasteiger partial charge in [0.2, 0.25) is 0 Å². The molecule has 5 heteroatoms. The van der Waals surface area contributed by atoms with Crippen molar-refractivity contribution in [2.24, 2.45) is 5.92 Å². The van der Waals surface area contributed by atoms with E-state index in [1.807, 2.05) is 0 Å². The summed E-state index contributed by atoms with van der Waals surface area (Å²) in [6, 6.07) is 2.17. The van der Waals surface area contributed by atoms with E-state index in [-0.39, 0.29) is 0 Å². The zero-order valence-electron chi connectivity index (χ0n) is 10.1. The summed E-state index contributed by atoms with van der Waals surface area (Å²) in [7, 11) is 0. The second-order valence-corrected chi connectivity index (χ2v) is 4.07. The highest BCUT2D eigenvalue weighted by Crippen LogP contribution is 2.34. The van der Waals surface area contributed by atoms with Gasteiger partial charge in [-0.05, 0) is 31.0 Å². The number of benzene rings is 1. The summed E-state index contributed by atoms with van der Waals surface area (Å²) < 4.78 is 51.1. The van der Waals surface area contributed by atoms with Crippen molar-refractivity contribution in [3.05, 3.63) is 35.1 Å². The minimum absolute atomic E-state index is 0.371. The molecule has 0 saturated carbocycles. The van der Waals surface area contributed by atoms with Crippen molar-refractivity contribution in [2.45, 2.75) is 32.9 Å². The molecule has 0 spiro atoms. The van der Waals surface area contributed by atoms with Crippen LogP contribution in [-0.2, 0) is 6.18 Å². The van der Waals surface area contributed by atoms with Crippen LogP contribution in [0.3, 0.4) is 0 Å². The fourth-order valence-corrected chi connectivity index (χ4v) is 1.85. The van der Waals surface area contributed by atoms with E-state index in [9.17, 15) is 22.4 Å². The number of alkyl halides is 3. The van der Waals surface area contributed by atoms with E-state index < -0.39 is 34.8 Å². The smallest absolute Gasteiger partial charge is 0.294 e. The van der Waals surface area contributed by atoms with Gasteiger partial charge in [0.15, 0.2) is 5.78 Å². The summed E-state index contributed by atoms with van der Waals surface area (Å²) in [6.45, 7) is 3.48. The van der Waals surface area contributed by atoms with Gasteiger partial charge < -0.3 is 0 Å². The van der Waals surface area contributed by atoms with Crippen LogP contribution in [0.25, 0.3) is 0 Å². The molecule has 0 aromatic heterocycles. The minimum Gasteiger partial charge on any atom is -0.294 e. The van der Waals surface area contributed by atoms with Crippen molar-refractivity contribution in [1.29, 1.82) is 0 Å². The summed E-state index contributed by atoms with van der Waals surface area (Å²) in [4.78, 5) is 12.0. The molecule has 0 radical (unpaired) electrons. The second-order valence-electron chi connectivity index (χ2n) is 4.07. The first-order chi connectivity index (χ1) is 8.31. The van der Waals surface area contributed by atoms with Gasteiger partial charge >= 0.3 is 6.18 Å². The van der Waals surface area contributed by atoms with Crippen molar-refractivity contribution in [3.8, 4) is 0 Å². The van der Waals surface area contributed by atoms with E-state index in [1.165, 1.54) is 0 Å². The molecule has 0 aliphatic rings. The molecule has 1 nitrogen and oxygen atoms in total. The van der Waals surface area contributed by atoms with Gasteiger partial charge in [0, 0.05) is 11.5 Å². The number of hydrogen-bond acceptors (Lipinski definition) is 1. The molecule has 18 heavy (non-hydrogen) atoms. The topological polar surface area (TPSA) is 17.1 Å². The van der Waals surface area contributed by atoms with Crippen molar-refractivity contribution >= 4 is 5.78 Å². The fourth-order valence-electron chi connectivity index (χ4n) is 1.85. The zero-order chi connectivity index (χ0) is 13.9. The number of carbonyl (C=O) groups excluding carboxylic acids is 1. The summed E-state index contributed by atoms with van der Waals surface area (Å²) in [5.41, 5.74) is -1.64. The number of carbonyl (C=O) groups is 1. The molecule has 0 aliphatic heterocycles. The Bertz CT molecular complexity index is 433. The van der Waals surface area contributed by atoms with Crippen LogP contribution in [0.4, 0.5) is 17.6 Å². The molecule has 0 atom stereocenters. The molecule has 0 bridgehead atoms. The molecule has 0 unspecified atom stereocenters. The molecule has 0 aliphatic carbocycles. The molecule has 0 amide bonds. The molecule has 1 aromatic rings. The van der Waals surface area contributed by atoms with Crippen LogP contribution in [0.5, 0.6) is 0 Å². The van der Waals surface area contributed by atoms with Crippen LogP contribution in [0, 0.1) is 11.7 Å². The highest BCUT2D eigenvalue weighted by Gasteiger charge is 2.36. The summed E-state index contributed by atoms with van der Waals surface area (Å²) >= 11 is 0. The Kier molecular flexibility index (Phi) is 4.48. The second kappa shape index (κ2) is 5.50. The van der Waals surface area contributed by atoms with E-state index in [1.54, 1.807) is 13.8 Å². The van der Waals surface area contributed by atoms with Gasteiger partial charge in [-0.25, -0.2) is 4.39 Å². The van der Waals surface area contributed by atoms with Gasteiger partial charge in [0.1, 0.15) is 5.82 Å². The highest BCUT2D eigenvalue weighted by atomic mass is 19.4. The van der Waals surface area contributed by atoms with E-state index in [0.717, 1.165) is 12.1 Å². The predicted octanol–water partition coefficient (Wildman–Crippen LogP) is 4.46. The third kappa shape index (κ3) is 3.09. The third-order valence-electron chi connectivity index (χ3n) is 2.91. The first-order valence-electron chi connectivity index (χ1n) is 5.72. The monoisotopic (exact) mass is 262 g/mol. The van der Waals surface area contributed by atoms with E-state index in [2.05, 4.69) is 0 Å². The molecular weight excluding hydrogens is 248 g/mol. The van der Waals surface area contributed by atoms with Gasteiger partial charge in [-0.2, -0.15) is 13.2 Å². The van der Waals surface area contributed by atoms with Gasteiger partial charge in [-0.1, -0.05) is 13.8 Å². The van der Waals surface area contributed by atoms with Crippen molar-refractivity contribution in [2.75, 3.05) is 0 Å². The number of hydrogen-bond donors (Lipinski definition) is 0. The lowest BCUT2D eigenvalue weighted by molar-refractivity contribution is -0.138. The maximum atomic E-state index is 12.9. The quantitative estimate of drug-likeness (QED) is 0.578. The Labute approximate surface area is 103 Å². The van der Waals surface area contributed by atoms with E-state index >= 15 is 0 Å². The van der Waals surface area contributed by atoms with Gasteiger partial charge in [0.25, 0.3) is 0 Å². The van der Waals surface area contributed by atoms with Crippen LogP contribution in [0.2, 0.25) is 0 Å². The van der Waals surface area contributed by atoms with Gasteiger partial charge in [0.05, 0.1) is 5.56 Å². The van der Waals surface area contributed by atoms with Crippen molar-refractivity contribution in [3.63, 3.8) is 0 Å². The van der Waals surface area contributed by atoms with Crippen LogP contribution < -0.4 is 0 Å². The summed E-state index contributed by atoms with van der Waals surface area (Å²) in [5.74, 6) is -2.03.